The Morgan fingerprint density at radius 3 is 2.09 bits per heavy atom. The van der Waals surface area contributed by atoms with E-state index in [4.69, 9.17) is 10.5 Å². The summed E-state index contributed by atoms with van der Waals surface area (Å²) in [6.45, 7) is 4.90. The molecule has 2 aromatic carbocycles. The fourth-order valence-electron chi connectivity index (χ4n) is 6.19. The third-order valence-corrected chi connectivity index (χ3v) is 11.2. The minimum atomic E-state index is -5.75. The predicted molar refractivity (Wildman–Crippen MR) is 182 cm³/mol. The number of hydrogen-bond acceptors (Lipinski definition) is 7. The second-order valence-electron chi connectivity index (χ2n) is 13.8. The predicted octanol–water partition coefficient (Wildman–Crippen LogP) is 4.84. The minimum Gasteiger partial charge on any atom is -0.490 e. The first-order chi connectivity index (χ1) is 24.5. The zero-order valence-electron chi connectivity index (χ0n) is 29.4. The minimum absolute atomic E-state index is 0.186. The maximum Gasteiger partial charge on any atom is 0.453 e. The van der Waals surface area contributed by atoms with Crippen molar-refractivity contribution in [2.75, 3.05) is 32.8 Å². The van der Waals surface area contributed by atoms with Gasteiger partial charge in [-0.05, 0) is 106 Å². The number of carbonyl (C=O) groups is 3. The van der Waals surface area contributed by atoms with Gasteiger partial charge in [0.1, 0.15) is 5.54 Å². The molecule has 292 valence electrons. The van der Waals surface area contributed by atoms with Crippen molar-refractivity contribution in [3.63, 3.8) is 0 Å². The van der Waals surface area contributed by atoms with Gasteiger partial charge in [-0.2, -0.15) is 26.3 Å². The molecule has 18 heteroatoms. The zero-order valence-corrected chi connectivity index (χ0v) is 30.2. The average Bonchev–Trinajstić information content (AvgIpc) is 3.06. The summed E-state index contributed by atoms with van der Waals surface area (Å²) in [5, 5.41) is 13.7. The van der Waals surface area contributed by atoms with Crippen LogP contribution in [-0.4, -0.2) is 96.5 Å². The normalized spacial score (nSPS) is 18.2. The molecule has 0 aromatic heterocycles. The number of rotatable bonds is 12. The number of aliphatic hydroxyl groups is 1. The first-order valence-corrected chi connectivity index (χ1v) is 18.3. The van der Waals surface area contributed by atoms with E-state index in [1.54, 1.807) is 37.8 Å². The molecule has 0 atom stereocenters. The number of nitrogens with one attached hydrogen (secondary N) is 1. The Labute approximate surface area is 303 Å². The zero-order chi connectivity index (χ0) is 39.6. The van der Waals surface area contributed by atoms with E-state index in [9.17, 15) is 54.3 Å². The number of likely N-dealkylation sites (tertiary alicyclic amines) is 1. The molecule has 2 heterocycles. The van der Waals surface area contributed by atoms with Gasteiger partial charge in [0.2, 0.25) is 15.9 Å². The van der Waals surface area contributed by atoms with Crippen LogP contribution in [0.2, 0.25) is 0 Å². The maximum atomic E-state index is 14.3. The molecule has 0 radical (unpaired) electrons. The van der Waals surface area contributed by atoms with E-state index in [1.807, 2.05) is 0 Å². The lowest BCUT2D eigenvalue weighted by Crippen LogP contribution is -2.62. The molecular weight excluding hydrogens is 734 g/mol. The number of hydrogen-bond donors (Lipinski definition) is 3. The van der Waals surface area contributed by atoms with Crippen LogP contribution < -0.4 is 15.8 Å². The highest BCUT2D eigenvalue weighted by Gasteiger charge is 2.56. The number of aryl methyl sites for hydroxylation is 2. The highest BCUT2D eigenvalue weighted by molar-refractivity contribution is 7.92. The molecule has 2 saturated heterocycles. The van der Waals surface area contributed by atoms with Gasteiger partial charge in [-0.15, -0.1) is 0 Å². The SMILES string of the molecule is Cc1cc(C(=O)N2CCC(C)(O)CC2)cc(C)c1/C=C/S(=O)(=O)N1CCC(NC(=O)c2ccc(F)c(OCCCC(F)(F)C(F)(F)F)c2)(C(N)=O)CC1. The van der Waals surface area contributed by atoms with Gasteiger partial charge < -0.3 is 25.8 Å². The van der Waals surface area contributed by atoms with Crippen LogP contribution in [-0.2, 0) is 14.8 Å². The van der Waals surface area contributed by atoms with Crippen molar-refractivity contribution in [3.8, 4) is 5.75 Å². The lowest BCUT2D eigenvalue weighted by atomic mass is 9.87. The van der Waals surface area contributed by atoms with Crippen LogP contribution in [0, 0.1) is 19.7 Å². The molecule has 4 rings (SSSR count). The topological polar surface area (TPSA) is 159 Å². The van der Waals surface area contributed by atoms with Crippen molar-refractivity contribution in [2.45, 2.75) is 82.5 Å². The van der Waals surface area contributed by atoms with E-state index in [1.165, 1.54) is 6.08 Å². The summed E-state index contributed by atoms with van der Waals surface area (Å²) in [5.41, 5.74) is 5.23. The second kappa shape index (κ2) is 15.7. The molecule has 53 heavy (non-hydrogen) atoms. The number of piperidine rings is 2. The standard InChI is InChI=1S/C35H42F6N4O7S/c1-22-19-25(30(47)44-13-9-32(3,49)10-14-44)20-23(2)26(22)7-18-53(50,51)45-15-11-33(12-16-45,31(42)48)43-29(46)24-5-6-27(36)28(21-24)52-17-4-8-34(37,38)35(39,40)41/h5-7,18-21,49H,4,8-17H2,1-3H3,(H2,42,48)(H,43,46)/b18-7+. The Bertz CT molecular complexity index is 1830. The number of sulfonamides is 1. The number of ether oxygens (including phenoxy) is 1. The Balaban J connectivity index is 1.38. The van der Waals surface area contributed by atoms with Crippen LogP contribution in [0.1, 0.15) is 82.9 Å². The molecular formula is C35H42F6N4O7S. The highest BCUT2D eigenvalue weighted by Crippen LogP contribution is 2.39. The lowest BCUT2D eigenvalue weighted by molar-refractivity contribution is -0.284. The molecule has 2 aromatic rings. The van der Waals surface area contributed by atoms with Crippen molar-refractivity contribution < 1.29 is 59.0 Å². The third kappa shape index (κ3) is 9.89. The van der Waals surface area contributed by atoms with E-state index in [2.05, 4.69) is 5.32 Å². The largest absolute Gasteiger partial charge is 0.490 e. The number of amides is 3. The number of nitrogens with two attached hydrogens (primary N) is 1. The fourth-order valence-corrected chi connectivity index (χ4v) is 7.37. The molecule has 2 aliphatic heterocycles. The first kappa shape index (κ1) is 41.6. The van der Waals surface area contributed by atoms with Crippen LogP contribution in [0.5, 0.6) is 5.75 Å². The van der Waals surface area contributed by atoms with Crippen molar-refractivity contribution in [1.82, 2.24) is 14.5 Å². The van der Waals surface area contributed by atoms with Crippen molar-refractivity contribution in [1.29, 1.82) is 0 Å². The van der Waals surface area contributed by atoms with E-state index >= 15 is 0 Å². The van der Waals surface area contributed by atoms with Gasteiger partial charge in [0, 0.05) is 49.1 Å². The number of carbonyl (C=O) groups excluding carboxylic acids is 3. The fraction of sp³-hybridized carbons (Fsp3) is 0.514. The van der Waals surface area contributed by atoms with Gasteiger partial charge in [-0.3, -0.25) is 14.4 Å². The molecule has 0 unspecified atom stereocenters. The van der Waals surface area contributed by atoms with Crippen LogP contribution in [0.4, 0.5) is 26.3 Å². The number of primary amides is 1. The molecule has 0 spiro atoms. The quantitative estimate of drug-likeness (QED) is 0.206. The van der Waals surface area contributed by atoms with Crippen LogP contribution in [0.15, 0.2) is 35.7 Å². The van der Waals surface area contributed by atoms with Gasteiger partial charge in [0.05, 0.1) is 12.2 Å². The number of nitrogens with zero attached hydrogens (tertiary/aromatic N) is 2. The van der Waals surface area contributed by atoms with Gasteiger partial charge in [0.15, 0.2) is 11.6 Å². The second-order valence-corrected chi connectivity index (χ2v) is 15.6. The van der Waals surface area contributed by atoms with Crippen molar-refractivity contribution in [3.05, 3.63) is 69.4 Å². The van der Waals surface area contributed by atoms with Gasteiger partial charge in [-0.25, -0.2) is 12.8 Å². The molecule has 2 fully saturated rings. The summed E-state index contributed by atoms with van der Waals surface area (Å²) in [6.07, 6.45) is -6.24. The van der Waals surface area contributed by atoms with E-state index in [0.29, 0.717) is 48.2 Å². The van der Waals surface area contributed by atoms with Gasteiger partial charge >= 0.3 is 12.1 Å². The monoisotopic (exact) mass is 776 g/mol. The van der Waals surface area contributed by atoms with E-state index in [-0.39, 0.29) is 37.4 Å². The van der Waals surface area contributed by atoms with Crippen molar-refractivity contribution >= 4 is 33.8 Å². The Morgan fingerprint density at radius 2 is 1.55 bits per heavy atom. The smallest absolute Gasteiger partial charge is 0.453 e. The first-order valence-electron chi connectivity index (χ1n) is 16.8. The molecule has 4 N–H and O–H groups in total. The number of halogens is 6. The number of benzene rings is 2. The molecule has 0 bridgehead atoms. The van der Waals surface area contributed by atoms with Crippen molar-refractivity contribution in [2.24, 2.45) is 5.73 Å². The van der Waals surface area contributed by atoms with Crippen LogP contribution >= 0.6 is 0 Å². The molecule has 3 amide bonds. The molecule has 2 aliphatic rings. The molecule has 11 nitrogen and oxygen atoms in total. The summed E-state index contributed by atoms with van der Waals surface area (Å²) in [7, 11) is -4.04. The van der Waals surface area contributed by atoms with Gasteiger partial charge in [0.25, 0.3) is 11.8 Å². The highest BCUT2D eigenvalue weighted by atomic mass is 32.2. The summed E-state index contributed by atoms with van der Waals surface area (Å²) in [4.78, 5) is 40.5. The summed E-state index contributed by atoms with van der Waals surface area (Å²) >= 11 is 0. The van der Waals surface area contributed by atoms with Crippen LogP contribution in [0.3, 0.4) is 0 Å². The molecule has 0 aliphatic carbocycles. The van der Waals surface area contributed by atoms with Crippen LogP contribution in [0.25, 0.3) is 6.08 Å². The maximum absolute atomic E-state index is 14.3. The van der Waals surface area contributed by atoms with E-state index < -0.39 is 76.1 Å². The third-order valence-electron chi connectivity index (χ3n) is 9.64. The Kier molecular flexibility index (Phi) is 12.3. The average molecular weight is 777 g/mol. The Morgan fingerprint density at radius 1 is 0.962 bits per heavy atom. The lowest BCUT2D eigenvalue weighted by Gasteiger charge is -2.39. The van der Waals surface area contributed by atoms with E-state index in [0.717, 1.165) is 27.9 Å². The summed E-state index contributed by atoms with van der Waals surface area (Å²) < 4.78 is 111. The summed E-state index contributed by atoms with van der Waals surface area (Å²) in [5.74, 6) is -8.65. The van der Waals surface area contributed by atoms with Gasteiger partial charge in [-0.1, -0.05) is 0 Å². The molecule has 0 saturated carbocycles. The summed E-state index contributed by atoms with van der Waals surface area (Å²) in [6, 6.07) is 6.07. The number of alkyl halides is 5. The Hall–Kier alpha value is -4.16.